The Hall–Kier alpha value is -1.03. The van der Waals surface area contributed by atoms with Crippen LogP contribution >= 0.6 is 11.3 Å². The second-order valence-electron chi connectivity index (χ2n) is 6.41. The van der Waals surface area contributed by atoms with Gasteiger partial charge in [-0.15, -0.1) is 11.3 Å². The van der Waals surface area contributed by atoms with E-state index < -0.39 is 0 Å². The summed E-state index contributed by atoms with van der Waals surface area (Å²) in [5.74, 6) is 0.659. The van der Waals surface area contributed by atoms with E-state index in [2.05, 4.69) is 22.8 Å². The van der Waals surface area contributed by atoms with Crippen LogP contribution in [0.5, 0.6) is 0 Å². The molecular formula is C17H26N2OS. The van der Waals surface area contributed by atoms with Gasteiger partial charge in [-0.05, 0) is 43.0 Å². The summed E-state index contributed by atoms with van der Waals surface area (Å²) in [6.07, 6.45) is 9.75. The van der Waals surface area contributed by atoms with Crippen LogP contribution in [0.15, 0.2) is 17.5 Å². The molecular weight excluding hydrogens is 280 g/mol. The van der Waals surface area contributed by atoms with E-state index in [0.717, 1.165) is 38.8 Å². The minimum atomic E-state index is 0.173. The number of amides is 2. The Morgan fingerprint density at radius 1 is 1.10 bits per heavy atom. The van der Waals surface area contributed by atoms with E-state index in [4.69, 9.17) is 0 Å². The van der Waals surface area contributed by atoms with Crippen molar-refractivity contribution in [1.82, 2.24) is 10.2 Å². The average Bonchev–Trinajstić information content (AvgIpc) is 2.93. The summed E-state index contributed by atoms with van der Waals surface area (Å²) in [4.78, 5) is 15.9. The lowest BCUT2D eigenvalue weighted by molar-refractivity contribution is 0.177. The Balaban J connectivity index is 1.46. The summed E-state index contributed by atoms with van der Waals surface area (Å²) >= 11 is 1.85. The molecule has 1 aliphatic carbocycles. The molecule has 1 aromatic rings. The molecule has 0 bridgehead atoms. The van der Waals surface area contributed by atoms with Gasteiger partial charge in [0.25, 0.3) is 0 Å². The summed E-state index contributed by atoms with van der Waals surface area (Å²) < 4.78 is 0. The molecule has 0 spiro atoms. The summed E-state index contributed by atoms with van der Waals surface area (Å²) in [7, 11) is 0. The van der Waals surface area contributed by atoms with Crippen LogP contribution in [-0.4, -0.2) is 30.1 Å². The number of likely N-dealkylation sites (tertiary alicyclic amines) is 1. The molecule has 0 atom stereocenters. The fourth-order valence-electron chi connectivity index (χ4n) is 3.58. The molecule has 2 fully saturated rings. The predicted molar refractivity (Wildman–Crippen MR) is 87.9 cm³/mol. The lowest BCUT2D eigenvalue weighted by Gasteiger charge is -2.33. The van der Waals surface area contributed by atoms with Crippen molar-refractivity contribution in [2.75, 3.05) is 13.1 Å². The third-order valence-electron chi connectivity index (χ3n) is 4.91. The number of rotatable bonds is 2. The van der Waals surface area contributed by atoms with E-state index in [1.165, 1.54) is 30.6 Å². The number of carbonyl (C=O) groups is 1. The molecule has 2 amide bonds. The van der Waals surface area contributed by atoms with Crippen molar-refractivity contribution in [3.05, 3.63) is 22.4 Å². The van der Waals surface area contributed by atoms with Gasteiger partial charge in [-0.25, -0.2) is 4.79 Å². The number of urea groups is 1. The molecule has 1 saturated heterocycles. The van der Waals surface area contributed by atoms with Crippen molar-refractivity contribution in [2.24, 2.45) is 0 Å². The number of carbonyl (C=O) groups excluding carboxylic acids is 1. The fraction of sp³-hybridized carbons (Fsp3) is 0.706. The Kier molecular flexibility index (Phi) is 5.17. The lowest BCUT2D eigenvalue weighted by Crippen LogP contribution is -2.47. The molecule has 3 nitrogen and oxygen atoms in total. The number of piperidine rings is 1. The molecule has 3 rings (SSSR count). The van der Waals surface area contributed by atoms with Gasteiger partial charge in [0.05, 0.1) is 0 Å². The summed E-state index contributed by atoms with van der Waals surface area (Å²) in [5, 5.41) is 5.42. The Labute approximate surface area is 131 Å². The zero-order chi connectivity index (χ0) is 14.5. The number of nitrogens with one attached hydrogen (secondary N) is 1. The monoisotopic (exact) mass is 306 g/mol. The van der Waals surface area contributed by atoms with E-state index in [9.17, 15) is 4.79 Å². The van der Waals surface area contributed by atoms with Crippen molar-refractivity contribution < 1.29 is 4.79 Å². The van der Waals surface area contributed by atoms with Gasteiger partial charge in [0.15, 0.2) is 0 Å². The smallest absolute Gasteiger partial charge is 0.317 e. The van der Waals surface area contributed by atoms with Crippen LogP contribution in [0.25, 0.3) is 0 Å². The first-order valence-corrected chi connectivity index (χ1v) is 9.30. The molecule has 2 aliphatic rings. The Bertz CT molecular complexity index is 430. The van der Waals surface area contributed by atoms with Gasteiger partial charge in [0, 0.05) is 24.0 Å². The quantitative estimate of drug-likeness (QED) is 0.809. The number of hydrogen-bond donors (Lipinski definition) is 1. The lowest BCUT2D eigenvalue weighted by atomic mass is 9.95. The second-order valence-corrected chi connectivity index (χ2v) is 7.39. The molecule has 1 N–H and O–H groups in total. The fourth-order valence-corrected chi connectivity index (χ4v) is 4.48. The summed E-state index contributed by atoms with van der Waals surface area (Å²) in [6, 6.07) is 4.95. The van der Waals surface area contributed by atoms with E-state index in [1.54, 1.807) is 0 Å². The third-order valence-corrected chi connectivity index (χ3v) is 5.95. The molecule has 4 heteroatoms. The Morgan fingerprint density at radius 3 is 2.43 bits per heavy atom. The SMILES string of the molecule is O=C(NC1CCCCCC1)N1CCC(c2cccs2)CC1. The standard InChI is InChI=1S/C17H26N2OS/c20-17(18-15-6-3-1-2-4-7-15)19-11-9-14(10-12-19)16-8-5-13-21-16/h5,8,13-15H,1-4,6-7,9-12H2,(H,18,20). The van der Waals surface area contributed by atoms with Crippen LogP contribution in [0.4, 0.5) is 4.79 Å². The van der Waals surface area contributed by atoms with Gasteiger partial charge < -0.3 is 10.2 Å². The van der Waals surface area contributed by atoms with Crippen LogP contribution in [0.2, 0.25) is 0 Å². The van der Waals surface area contributed by atoms with Gasteiger partial charge in [0.1, 0.15) is 0 Å². The van der Waals surface area contributed by atoms with Crippen LogP contribution in [0.1, 0.15) is 62.2 Å². The topological polar surface area (TPSA) is 32.3 Å². The van der Waals surface area contributed by atoms with E-state index >= 15 is 0 Å². The van der Waals surface area contributed by atoms with Crippen molar-refractivity contribution in [2.45, 2.75) is 63.3 Å². The normalized spacial score (nSPS) is 22.0. The molecule has 1 aromatic heterocycles. The zero-order valence-electron chi connectivity index (χ0n) is 12.7. The Morgan fingerprint density at radius 2 is 1.81 bits per heavy atom. The van der Waals surface area contributed by atoms with Crippen molar-refractivity contribution in [3.8, 4) is 0 Å². The van der Waals surface area contributed by atoms with Gasteiger partial charge in [-0.2, -0.15) is 0 Å². The second kappa shape index (κ2) is 7.30. The maximum absolute atomic E-state index is 12.4. The summed E-state index contributed by atoms with van der Waals surface area (Å²) in [5.41, 5.74) is 0. The highest BCUT2D eigenvalue weighted by Gasteiger charge is 2.25. The third kappa shape index (κ3) is 4.00. The first kappa shape index (κ1) is 14.9. The summed E-state index contributed by atoms with van der Waals surface area (Å²) in [6.45, 7) is 1.81. The van der Waals surface area contributed by atoms with Crippen LogP contribution in [-0.2, 0) is 0 Å². The van der Waals surface area contributed by atoms with Crippen molar-refractivity contribution >= 4 is 17.4 Å². The van der Waals surface area contributed by atoms with Gasteiger partial charge in [0.2, 0.25) is 0 Å². The zero-order valence-corrected chi connectivity index (χ0v) is 13.5. The molecule has 0 radical (unpaired) electrons. The van der Waals surface area contributed by atoms with E-state index in [0.29, 0.717) is 12.0 Å². The maximum atomic E-state index is 12.4. The number of nitrogens with zero attached hydrogens (tertiary/aromatic N) is 1. The first-order chi connectivity index (χ1) is 10.3. The highest BCUT2D eigenvalue weighted by molar-refractivity contribution is 7.10. The predicted octanol–water partition coefficient (Wildman–Crippen LogP) is 4.36. The minimum absolute atomic E-state index is 0.173. The highest BCUT2D eigenvalue weighted by atomic mass is 32.1. The van der Waals surface area contributed by atoms with Crippen molar-refractivity contribution in [1.29, 1.82) is 0 Å². The molecule has 0 aromatic carbocycles. The molecule has 1 saturated carbocycles. The minimum Gasteiger partial charge on any atom is -0.335 e. The van der Waals surface area contributed by atoms with Gasteiger partial charge in [-0.3, -0.25) is 0 Å². The highest BCUT2D eigenvalue weighted by Crippen LogP contribution is 2.31. The molecule has 1 aliphatic heterocycles. The van der Waals surface area contributed by atoms with Crippen LogP contribution < -0.4 is 5.32 Å². The van der Waals surface area contributed by atoms with E-state index in [-0.39, 0.29) is 6.03 Å². The molecule has 116 valence electrons. The van der Waals surface area contributed by atoms with Crippen molar-refractivity contribution in [3.63, 3.8) is 0 Å². The largest absolute Gasteiger partial charge is 0.335 e. The number of thiophene rings is 1. The number of hydrogen-bond acceptors (Lipinski definition) is 2. The first-order valence-electron chi connectivity index (χ1n) is 8.42. The van der Waals surface area contributed by atoms with Crippen LogP contribution in [0.3, 0.4) is 0 Å². The molecule has 2 heterocycles. The van der Waals surface area contributed by atoms with Crippen LogP contribution in [0, 0.1) is 0 Å². The molecule has 0 unspecified atom stereocenters. The van der Waals surface area contributed by atoms with Gasteiger partial charge >= 0.3 is 6.03 Å². The maximum Gasteiger partial charge on any atom is 0.317 e. The molecule has 21 heavy (non-hydrogen) atoms. The van der Waals surface area contributed by atoms with Gasteiger partial charge in [-0.1, -0.05) is 31.7 Å². The average molecular weight is 306 g/mol. The van der Waals surface area contributed by atoms with E-state index in [1.807, 2.05) is 16.2 Å².